The lowest BCUT2D eigenvalue weighted by atomic mass is 10.7. The van der Waals surface area contributed by atoms with E-state index in [0.29, 0.717) is 0 Å². The first kappa shape index (κ1) is 9.90. The summed E-state index contributed by atoms with van der Waals surface area (Å²) >= 11 is 4.25. The normalized spacial score (nSPS) is 18.6. The Kier molecular flexibility index (Phi) is 3.30. The Bertz CT molecular complexity index is 102. The maximum Gasteiger partial charge on any atom is 0.445 e. The summed E-state index contributed by atoms with van der Waals surface area (Å²) in [6, 6.07) is 0. The van der Waals surface area contributed by atoms with Gasteiger partial charge in [-0.05, 0) is 0 Å². The highest BCUT2D eigenvalue weighted by molar-refractivity contribution is 6.18. The SMILES string of the molecule is FC(Cl)O[C@@H](F)C(F)(F)F. The molecule has 0 aliphatic carbocycles. The van der Waals surface area contributed by atoms with Gasteiger partial charge < -0.3 is 0 Å². The number of ether oxygens (including phenoxy) is 1. The lowest BCUT2D eigenvalue weighted by Gasteiger charge is -2.11. The Labute approximate surface area is 57.7 Å². The molecule has 0 rings (SSSR count). The predicted molar refractivity (Wildman–Crippen MR) is 22.8 cm³/mol. The van der Waals surface area contributed by atoms with Gasteiger partial charge >= 0.3 is 6.18 Å². The van der Waals surface area contributed by atoms with E-state index in [9.17, 15) is 22.0 Å². The lowest BCUT2D eigenvalue weighted by molar-refractivity contribution is -0.279. The number of rotatable bonds is 2. The van der Waals surface area contributed by atoms with E-state index in [2.05, 4.69) is 16.3 Å². The molecular weight excluding hydrogens is 182 g/mol. The van der Waals surface area contributed by atoms with Crippen molar-refractivity contribution in [2.75, 3.05) is 0 Å². The Balaban J connectivity index is 3.73. The second-order valence-electron chi connectivity index (χ2n) is 1.25. The Morgan fingerprint density at radius 3 is 1.70 bits per heavy atom. The van der Waals surface area contributed by atoms with E-state index >= 15 is 0 Å². The van der Waals surface area contributed by atoms with Crippen molar-refractivity contribution in [3.63, 3.8) is 0 Å². The van der Waals surface area contributed by atoms with E-state index < -0.39 is 18.4 Å². The maximum atomic E-state index is 11.5. The van der Waals surface area contributed by atoms with E-state index in [1.807, 2.05) is 0 Å². The minimum absolute atomic E-state index is 2.78. The summed E-state index contributed by atoms with van der Waals surface area (Å²) in [5.41, 5.74) is 0. The molecule has 0 bridgehead atoms. The third kappa shape index (κ3) is 3.84. The fourth-order valence-electron chi connectivity index (χ4n) is 0.167. The monoisotopic (exact) mass is 184 g/mol. The first-order chi connectivity index (χ1) is 4.34. The standard InChI is InChI=1S/C3H2ClF5O/c4-2(6)10-1(5)3(7,8)9/h1-2H/t1-,2?/m1/s1. The molecule has 2 atom stereocenters. The van der Waals surface area contributed by atoms with Gasteiger partial charge in [-0.2, -0.15) is 17.6 Å². The molecule has 0 N–H and O–H groups in total. The Morgan fingerprint density at radius 1 is 1.20 bits per heavy atom. The molecular formula is C3H2ClF5O. The number of hydrogen-bond acceptors (Lipinski definition) is 1. The summed E-state index contributed by atoms with van der Waals surface area (Å²) in [5.74, 6) is -2.78. The van der Waals surface area contributed by atoms with Gasteiger partial charge in [-0.1, -0.05) is 11.6 Å². The van der Waals surface area contributed by atoms with Gasteiger partial charge in [-0.3, -0.25) is 4.74 Å². The fraction of sp³-hybridized carbons (Fsp3) is 1.00. The van der Waals surface area contributed by atoms with E-state index in [-0.39, 0.29) is 0 Å². The largest absolute Gasteiger partial charge is 0.445 e. The van der Waals surface area contributed by atoms with Crippen LogP contribution in [-0.4, -0.2) is 18.4 Å². The van der Waals surface area contributed by atoms with Crippen LogP contribution in [0.4, 0.5) is 22.0 Å². The van der Waals surface area contributed by atoms with Crippen molar-refractivity contribution in [2.24, 2.45) is 0 Å². The molecule has 0 heterocycles. The molecule has 62 valence electrons. The van der Waals surface area contributed by atoms with Crippen molar-refractivity contribution in [1.29, 1.82) is 0 Å². The summed E-state index contributed by atoms with van der Waals surface area (Å²) in [4.78, 5) is 0. The lowest BCUT2D eigenvalue weighted by Crippen LogP contribution is -2.28. The first-order valence-corrected chi connectivity index (χ1v) is 2.42. The average Bonchev–Trinajstić information content (AvgIpc) is 1.60. The summed E-state index contributed by atoms with van der Waals surface area (Å²) in [7, 11) is 0. The topological polar surface area (TPSA) is 9.23 Å². The van der Waals surface area contributed by atoms with Gasteiger partial charge in [-0.25, -0.2) is 4.39 Å². The van der Waals surface area contributed by atoms with Crippen molar-refractivity contribution in [1.82, 2.24) is 0 Å². The second-order valence-corrected chi connectivity index (χ2v) is 1.60. The highest BCUT2D eigenvalue weighted by Gasteiger charge is 2.42. The van der Waals surface area contributed by atoms with Crippen molar-refractivity contribution < 1.29 is 26.7 Å². The van der Waals surface area contributed by atoms with E-state index in [0.717, 1.165) is 0 Å². The molecule has 0 spiro atoms. The van der Waals surface area contributed by atoms with Crippen LogP contribution in [0.1, 0.15) is 0 Å². The number of halogens is 6. The van der Waals surface area contributed by atoms with Crippen molar-refractivity contribution in [3.8, 4) is 0 Å². The smallest absolute Gasteiger partial charge is 0.293 e. The van der Waals surface area contributed by atoms with Gasteiger partial charge in [0.25, 0.3) is 12.2 Å². The molecule has 0 saturated heterocycles. The molecule has 7 heteroatoms. The molecule has 0 aliphatic rings. The molecule has 0 radical (unpaired) electrons. The molecule has 0 aliphatic heterocycles. The molecule has 1 unspecified atom stereocenters. The van der Waals surface area contributed by atoms with Gasteiger partial charge in [0.2, 0.25) is 0 Å². The maximum absolute atomic E-state index is 11.5. The van der Waals surface area contributed by atoms with Crippen LogP contribution in [0.2, 0.25) is 0 Å². The molecule has 10 heavy (non-hydrogen) atoms. The van der Waals surface area contributed by atoms with E-state index in [1.165, 1.54) is 0 Å². The van der Waals surface area contributed by atoms with E-state index in [4.69, 9.17) is 0 Å². The van der Waals surface area contributed by atoms with Crippen LogP contribution in [0, 0.1) is 0 Å². The molecule has 0 saturated carbocycles. The third-order valence-corrected chi connectivity index (χ3v) is 0.583. The van der Waals surface area contributed by atoms with Crippen LogP contribution in [0.3, 0.4) is 0 Å². The van der Waals surface area contributed by atoms with Gasteiger partial charge in [0, 0.05) is 0 Å². The molecule has 0 aromatic rings. The van der Waals surface area contributed by atoms with Gasteiger partial charge in [0.15, 0.2) is 0 Å². The minimum atomic E-state index is -5.22. The number of alkyl halides is 6. The minimum Gasteiger partial charge on any atom is -0.293 e. The average molecular weight is 184 g/mol. The van der Waals surface area contributed by atoms with Crippen LogP contribution in [-0.2, 0) is 4.74 Å². The predicted octanol–water partition coefficient (Wildman–Crippen LogP) is 2.35. The van der Waals surface area contributed by atoms with Crippen LogP contribution in [0.25, 0.3) is 0 Å². The van der Waals surface area contributed by atoms with Crippen molar-refractivity contribution in [2.45, 2.75) is 18.4 Å². The Hall–Kier alpha value is -0.100. The highest BCUT2D eigenvalue weighted by atomic mass is 35.5. The van der Waals surface area contributed by atoms with Crippen LogP contribution in [0.5, 0.6) is 0 Å². The van der Waals surface area contributed by atoms with Crippen LogP contribution >= 0.6 is 11.6 Å². The number of hydrogen-bond donors (Lipinski definition) is 0. The zero-order valence-corrected chi connectivity index (χ0v) is 5.09. The van der Waals surface area contributed by atoms with Crippen molar-refractivity contribution in [3.05, 3.63) is 0 Å². The molecule has 0 fully saturated rings. The summed E-state index contributed by atoms with van der Waals surface area (Å²) < 4.78 is 58.9. The first-order valence-electron chi connectivity index (χ1n) is 1.98. The van der Waals surface area contributed by atoms with Gasteiger partial charge in [0.1, 0.15) is 0 Å². The second kappa shape index (κ2) is 3.34. The summed E-state index contributed by atoms with van der Waals surface area (Å²) in [6.07, 6.45) is -8.89. The molecule has 0 aromatic carbocycles. The fourth-order valence-corrected chi connectivity index (χ4v) is 0.258. The van der Waals surface area contributed by atoms with Crippen LogP contribution in [0.15, 0.2) is 0 Å². The zero-order chi connectivity index (χ0) is 8.36. The van der Waals surface area contributed by atoms with Gasteiger partial charge in [0.05, 0.1) is 0 Å². The third-order valence-electron chi connectivity index (χ3n) is 0.480. The summed E-state index contributed by atoms with van der Waals surface area (Å²) in [5, 5.41) is 0. The molecule has 0 amide bonds. The molecule has 1 nitrogen and oxygen atoms in total. The van der Waals surface area contributed by atoms with Gasteiger partial charge in [-0.15, -0.1) is 0 Å². The van der Waals surface area contributed by atoms with E-state index in [1.54, 1.807) is 0 Å². The quantitative estimate of drug-likeness (QED) is 0.473. The van der Waals surface area contributed by atoms with Crippen LogP contribution < -0.4 is 0 Å². The Morgan fingerprint density at radius 2 is 1.60 bits per heavy atom. The molecule has 0 aromatic heterocycles. The van der Waals surface area contributed by atoms with Crippen molar-refractivity contribution >= 4 is 11.6 Å². The summed E-state index contributed by atoms with van der Waals surface area (Å²) in [6.45, 7) is 0. The zero-order valence-electron chi connectivity index (χ0n) is 4.33. The highest BCUT2D eigenvalue weighted by Crippen LogP contribution is 2.25.